The topological polar surface area (TPSA) is 88.0 Å². The van der Waals surface area contributed by atoms with Crippen LogP contribution in [-0.4, -0.2) is 84.0 Å². The van der Waals surface area contributed by atoms with Crippen molar-refractivity contribution in [2.75, 3.05) is 39.8 Å². The molecule has 0 unspecified atom stereocenters. The van der Waals surface area contributed by atoms with E-state index in [9.17, 15) is 13.2 Å². The second kappa shape index (κ2) is 12.8. The number of carbonyl (C=O) groups is 1. The van der Waals surface area contributed by atoms with E-state index in [2.05, 4.69) is 16.0 Å². The Kier molecular flexibility index (Phi) is 9.27. The first-order valence-corrected chi connectivity index (χ1v) is 16.3. The lowest BCUT2D eigenvalue weighted by Crippen LogP contribution is -2.48. The molecule has 1 saturated heterocycles. The molecule has 0 radical (unpaired) electrons. The van der Waals surface area contributed by atoms with Crippen molar-refractivity contribution in [1.82, 2.24) is 23.7 Å². The minimum atomic E-state index is -3.73. The minimum Gasteiger partial charge on any atom is -0.445 e. The van der Waals surface area contributed by atoms with Crippen LogP contribution in [0, 0.1) is 5.92 Å². The molecule has 0 bridgehead atoms. The van der Waals surface area contributed by atoms with Crippen molar-refractivity contribution in [2.24, 2.45) is 13.0 Å². The second-order valence-corrected chi connectivity index (χ2v) is 14.0. The summed E-state index contributed by atoms with van der Waals surface area (Å²) in [4.78, 5) is 21.3. The number of nitrogens with zero attached hydrogens (tertiary/aromatic N) is 5. The fourth-order valence-corrected chi connectivity index (χ4v) is 7.67. The minimum absolute atomic E-state index is 0.0517. The summed E-state index contributed by atoms with van der Waals surface area (Å²) >= 11 is 6.39. The first-order chi connectivity index (χ1) is 20.1. The molecule has 2 fully saturated rings. The molecule has 1 aromatic heterocycles. The fraction of sp³-hybridized carbons (Fsp3) is 0.484. The van der Waals surface area contributed by atoms with Crippen molar-refractivity contribution in [1.29, 1.82) is 0 Å². The number of sulfonamides is 1. The number of imidazole rings is 1. The van der Waals surface area contributed by atoms with Gasteiger partial charge in [-0.2, -0.15) is 4.31 Å². The third kappa shape index (κ3) is 6.67. The van der Waals surface area contributed by atoms with Gasteiger partial charge in [0.1, 0.15) is 6.61 Å². The Morgan fingerprint density at radius 1 is 1.14 bits per heavy atom. The molecule has 42 heavy (non-hydrogen) atoms. The van der Waals surface area contributed by atoms with Crippen LogP contribution >= 0.6 is 11.6 Å². The number of benzene rings is 2. The fourth-order valence-electron chi connectivity index (χ4n) is 6.28. The van der Waals surface area contributed by atoms with Crippen LogP contribution in [0.1, 0.15) is 37.3 Å². The Hall–Kier alpha value is -2.92. The Balaban J connectivity index is 1.21. The van der Waals surface area contributed by atoms with Crippen LogP contribution in [0.3, 0.4) is 0 Å². The van der Waals surface area contributed by atoms with E-state index in [0.29, 0.717) is 18.1 Å². The third-order valence-corrected chi connectivity index (χ3v) is 10.7. The molecule has 1 saturated carbocycles. The van der Waals surface area contributed by atoms with Gasteiger partial charge in [0.25, 0.3) is 10.0 Å². The van der Waals surface area contributed by atoms with Crippen molar-refractivity contribution < 1.29 is 17.9 Å². The van der Waals surface area contributed by atoms with Crippen LogP contribution in [0.4, 0.5) is 4.79 Å². The van der Waals surface area contributed by atoms with Gasteiger partial charge in [-0.15, -0.1) is 0 Å². The molecule has 0 spiro atoms. The lowest BCUT2D eigenvalue weighted by molar-refractivity contribution is 0.0620. The smallest absolute Gasteiger partial charge is 0.410 e. The maximum Gasteiger partial charge on any atom is 0.410 e. The lowest BCUT2D eigenvalue weighted by Gasteiger charge is -2.38. The molecule has 11 heteroatoms. The highest BCUT2D eigenvalue weighted by atomic mass is 35.5. The molecule has 2 aliphatic rings. The summed E-state index contributed by atoms with van der Waals surface area (Å²) in [6, 6.07) is 17.7. The van der Waals surface area contributed by atoms with Gasteiger partial charge in [-0.1, -0.05) is 54.1 Å². The maximum absolute atomic E-state index is 13.3. The van der Waals surface area contributed by atoms with Crippen molar-refractivity contribution in [3.63, 3.8) is 0 Å². The van der Waals surface area contributed by atoms with E-state index in [-0.39, 0.29) is 35.1 Å². The van der Waals surface area contributed by atoms with E-state index in [1.807, 2.05) is 60.4 Å². The third-order valence-electron chi connectivity index (χ3n) is 8.75. The summed E-state index contributed by atoms with van der Waals surface area (Å²) in [5.74, 6) is 0.284. The number of likely N-dealkylation sites (N-methyl/N-ethyl adjacent to an activating group) is 1. The van der Waals surface area contributed by atoms with E-state index in [1.165, 1.54) is 16.8 Å². The van der Waals surface area contributed by atoms with Crippen LogP contribution in [-0.2, 0) is 33.8 Å². The average molecular weight is 614 g/mol. The molecular formula is C31H40ClN5O4S. The zero-order valence-electron chi connectivity index (χ0n) is 24.5. The molecule has 1 aliphatic carbocycles. The van der Waals surface area contributed by atoms with Crippen molar-refractivity contribution in [2.45, 2.75) is 49.3 Å². The Bertz CT molecular complexity index is 1480. The normalized spacial score (nSPS) is 21.4. The van der Waals surface area contributed by atoms with Gasteiger partial charge in [0.05, 0.1) is 6.33 Å². The first-order valence-electron chi connectivity index (χ1n) is 14.5. The van der Waals surface area contributed by atoms with Gasteiger partial charge >= 0.3 is 6.09 Å². The number of halogens is 1. The summed E-state index contributed by atoms with van der Waals surface area (Å²) in [6.45, 7) is 5.83. The molecular weight excluding hydrogens is 574 g/mol. The molecule has 1 amide bonds. The van der Waals surface area contributed by atoms with E-state index in [4.69, 9.17) is 16.3 Å². The van der Waals surface area contributed by atoms with E-state index in [0.717, 1.165) is 50.0 Å². The molecule has 2 atom stereocenters. The number of aromatic nitrogens is 2. The molecule has 9 nitrogen and oxygen atoms in total. The van der Waals surface area contributed by atoms with Gasteiger partial charge in [0.2, 0.25) is 0 Å². The van der Waals surface area contributed by atoms with Crippen LogP contribution < -0.4 is 0 Å². The van der Waals surface area contributed by atoms with Gasteiger partial charge in [-0.25, -0.2) is 18.2 Å². The highest BCUT2D eigenvalue weighted by Crippen LogP contribution is 2.56. The Morgan fingerprint density at radius 3 is 2.52 bits per heavy atom. The standard InChI is InChI=1S/C31H40ClN5O4S/c1-4-37(30(38)41-21-24-9-6-5-7-10-24)28-13-15-36(16-14-28)19-26-18-31(26,25-11-8-12-27(32)17-25)22-35(3)42(39,40)29-20-34(2)23-33-29/h5-12,17,20,23,26,28H,4,13-16,18-19,21-22H2,1-3H3/t26-,31+/m0/s1. The number of rotatable bonds is 11. The molecule has 3 aromatic rings. The Labute approximate surface area is 254 Å². The molecule has 0 N–H and O–H groups in total. The molecule has 1 aliphatic heterocycles. The Morgan fingerprint density at radius 2 is 1.88 bits per heavy atom. The van der Waals surface area contributed by atoms with Crippen LogP contribution in [0.2, 0.25) is 5.02 Å². The zero-order valence-corrected chi connectivity index (χ0v) is 26.1. The SMILES string of the molecule is CCN(C(=O)OCc1ccccc1)C1CCN(C[C@@H]2C[C@@]2(CN(C)S(=O)(=O)c2cn(C)cn2)c2cccc(Cl)c2)CC1. The van der Waals surface area contributed by atoms with Gasteiger partial charge in [0, 0.05) is 69.5 Å². The number of likely N-dealkylation sites (tertiary alicyclic amines) is 1. The first kappa shape index (κ1) is 30.5. The van der Waals surface area contributed by atoms with Gasteiger partial charge < -0.3 is 19.1 Å². The summed E-state index contributed by atoms with van der Waals surface area (Å²) < 4.78 is 35.3. The highest BCUT2D eigenvalue weighted by Gasteiger charge is 2.57. The van der Waals surface area contributed by atoms with Gasteiger partial charge in [0.15, 0.2) is 5.03 Å². The van der Waals surface area contributed by atoms with E-state index >= 15 is 0 Å². The number of ether oxygens (including phenoxy) is 1. The summed E-state index contributed by atoms with van der Waals surface area (Å²) in [6.07, 6.45) is 5.39. The van der Waals surface area contributed by atoms with E-state index in [1.54, 1.807) is 18.7 Å². The monoisotopic (exact) mass is 613 g/mol. The van der Waals surface area contributed by atoms with Crippen molar-refractivity contribution >= 4 is 27.7 Å². The highest BCUT2D eigenvalue weighted by molar-refractivity contribution is 7.89. The van der Waals surface area contributed by atoms with Gasteiger partial charge in [-0.3, -0.25) is 0 Å². The van der Waals surface area contributed by atoms with Crippen LogP contribution in [0.5, 0.6) is 0 Å². The number of piperidine rings is 1. The van der Waals surface area contributed by atoms with Crippen molar-refractivity contribution in [3.05, 3.63) is 83.3 Å². The molecule has 2 aromatic carbocycles. The average Bonchev–Trinajstić information content (AvgIpc) is 3.47. The predicted molar refractivity (Wildman–Crippen MR) is 163 cm³/mol. The van der Waals surface area contributed by atoms with E-state index < -0.39 is 10.0 Å². The molecule has 2 heterocycles. The number of carbonyl (C=O) groups excluding carboxylic acids is 1. The number of hydrogen-bond donors (Lipinski definition) is 0. The van der Waals surface area contributed by atoms with Crippen molar-refractivity contribution in [3.8, 4) is 0 Å². The van der Waals surface area contributed by atoms with Crippen LogP contribution in [0.15, 0.2) is 72.1 Å². The predicted octanol–water partition coefficient (Wildman–Crippen LogP) is 4.78. The van der Waals surface area contributed by atoms with Gasteiger partial charge in [-0.05, 0) is 55.4 Å². The summed E-state index contributed by atoms with van der Waals surface area (Å²) in [5, 5.41) is 0.697. The summed E-state index contributed by atoms with van der Waals surface area (Å²) in [7, 11) is -0.342. The maximum atomic E-state index is 13.3. The van der Waals surface area contributed by atoms with Crippen LogP contribution in [0.25, 0.3) is 0 Å². The molecule has 226 valence electrons. The summed E-state index contributed by atoms with van der Waals surface area (Å²) in [5.41, 5.74) is 1.72. The molecule has 5 rings (SSSR count). The number of hydrogen-bond acceptors (Lipinski definition) is 6. The quantitative estimate of drug-likeness (QED) is 0.309. The number of aryl methyl sites for hydroxylation is 1. The number of amides is 1. The second-order valence-electron chi connectivity index (χ2n) is 11.6. The largest absolute Gasteiger partial charge is 0.445 e. The zero-order chi connectivity index (χ0) is 29.9. The lowest BCUT2D eigenvalue weighted by atomic mass is 9.92.